The van der Waals surface area contributed by atoms with Gasteiger partial charge in [0.15, 0.2) is 5.13 Å². The molecule has 130 valence electrons. The van der Waals surface area contributed by atoms with Gasteiger partial charge in [0.25, 0.3) is 5.91 Å². The first-order valence-corrected chi connectivity index (χ1v) is 8.99. The van der Waals surface area contributed by atoms with Gasteiger partial charge in [-0.1, -0.05) is 16.5 Å². The molecule has 0 saturated carbocycles. The van der Waals surface area contributed by atoms with Crippen LogP contribution in [-0.2, 0) is 0 Å². The van der Waals surface area contributed by atoms with Gasteiger partial charge in [-0.25, -0.2) is 4.98 Å². The number of carbonyl (C=O) groups excluding carboxylic acids is 1. The number of nitrogens with one attached hydrogen (secondary N) is 1. The minimum absolute atomic E-state index is 0.208. The van der Waals surface area contributed by atoms with Crippen molar-refractivity contribution in [2.75, 3.05) is 43.4 Å². The van der Waals surface area contributed by atoms with Gasteiger partial charge in [-0.2, -0.15) is 0 Å². The zero-order valence-electron chi connectivity index (χ0n) is 14.2. The van der Waals surface area contributed by atoms with E-state index in [2.05, 4.69) is 27.3 Å². The van der Waals surface area contributed by atoms with Crippen LogP contribution in [0.5, 0.6) is 0 Å². The van der Waals surface area contributed by atoms with E-state index >= 15 is 0 Å². The van der Waals surface area contributed by atoms with Crippen LogP contribution in [0.25, 0.3) is 10.2 Å². The van der Waals surface area contributed by atoms with E-state index in [0.717, 1.165) is 47.2 Å². The molecule has 0 unspecified atom stereocenters. The standard InChI is InChI=1S/C17H19N5O2S/c1-11-9-14(24-20-11)16(23)18-12-3-4-13-15(10-12)25-17(19-13)22-7-5-21(2)6-8-22/h3-4,9-10H,5-8H2,1-2H3,(H,18,23). The quantitative estimate of drug-likeness (QED) is 0.777. The Labute approximate surface area is 149 Å². The summed E-state index contributed by atoms with van der Waals surface area (Å²) in [5.41, 5.74) is 2.35. The molecular formula is C17H19N5O2S. The number of hydrogen-bond acceptors (Lipinski definition) is 7. The van der Waals surface area contributed by atoms with Gasteiger partial charge < -0.3 is 19.6 Å². The fourth-order valence-electron chi connectivity index (χ4n) is 2.79. The third-order valence-corrected chi connectivity index (χ3v) is 5.34. The Morgan fingerprint density at radius 3 is 2.76 bits per heavy atom. The van der Waals surface area contributed by atoms with Crippen LogP contribution in [0.2, 0.25) is 0 Å². The molecule has 1 aliphatic rings. The van der Waals surface area contributed by atoms with E-state index in [1.165, 1.54) is 0 Å². The molecule has 3 aromatic rings. The first-order chi connectivity index (χ1) is 12.1. The number of rotatable bonds is 3. The predicted molar refractivity (Wildman–Crippen MR) is 98.5 cm³/mol. The van der Waals surface area contributed by atoms with Gasteiger partial charge in [0, 0.05) is 37.9 Å². The van der Waals surface area contributed by atoms with Crippen molar-refractivity contribution >= 4 is 38.3 Å². The Morgan fingerprint density at radius 2 is 2.04 bits per heavy atom. The van der Waals surface area contributed by atoms with Crippen molar-refractivity contribution in [1.29, 1.82) is 0 Å². The number of amides is 1. The van der Waals surface area contributed by atoms with Crippen molar-refractivity contribution in [1.82, 2.24) is 15.0 Å². The van der Waals surface area contributed by atoms with Crippen LogP contribution in [0.4, 0.5) is 10.8 Å². The summed E-state index contributed by atoms with van der Waals surface area (Å²) in [4.78, 5) is 21.5. The minimum Gasteiger partial charge on any atom is -0.351 e. The number of piperazine rings is 1. The third-order valence-electron chi connectivity index (χ3n) is 4.26. The van der Waals surface area contributed by atoms with Gasteiger partial charge in [-0.15, -0.1) is 0 Å². The highest BCUT2D eigenvalue weighted by molar-refractivity contribution is 7.22. The summed E-state index contributed by atoms with van der Waals surface area (Å²) in [5.74, 6) is -0.0937. The van der Waals surface area contributed by atoms with Crippen LogP contribution in [-0.4, -0.2) is 54.2 Å². The van der Waals surface area contributed by atoms with Gasteiger partial charge >= 0.3 is 0 Å². The number of aryl methyl sites for hydroxylation is 1. The Bertz CT molecular complexity index is 911. The molecule has 0 bridgehead atoms. The van der Waals surface area contributed by atoms with Crippen molar-refractivity contribution in [2.45, 2.75) is 6.92 Å². The second kappa shape index (κ2) is 6.45. The second-order valence-electron chi connectivity index (χ2n) is 6.26. The van der Waals surface area contributed by atoms with Gasteiger partial charge in [0.2, 0.25) is 5.76 Å². The number of nitrogens with zero attached hydrogens (tertiary/aromatic N) is 4. The van der Waals surface area contributed by atoms with Crippen molar-refractivity contribution in [3.8, 4) is 0 Å². The number of likely N-dealkylation sites (N-methyl/N-ethyl adjacent to an activating group) is 1. The molecule has 7 nitrogen and oxygen atoms in total. The summed E-state index contributed by atoms with van der Waals surface area (Å²) in [5, 5.41) is 7.62. The molecule has 1 N–H and O–H groups in total. The topological polar surface area (TPSA) is 74.5 Å². The highest BCUT2D eigenvalue weighted by Gasteiger charge is 2.18. The summed E-state index contributed by atoms with van der Waals surface area (Å²) < 4.78 is 6.05. The summed E-state index contributed by atoms with van der Waals surface area (Å²) in [6.07, 6.45) is 0. The lowest BCUT2D eigenvalue weighted by Gasteiger charge is -2.31. The first-order valence-electron chi connectivity index (χ1n) is 8.17. The summed E-state index contributed by atoms with van der Waals surface area (Å²) in [6.45, 7) is 5.86. The first kappa shape index (κ1) is 16.0. The number of thiazole rings is 1. The maximum Gasteiger partial charge on any atom is 0.294 e. The van der Waals surface area contributed by atoms with Gasteiger partial charge in [-0.3, -0.25) is 4.79 Å². The molecule has 1 fully saturated rings. The Kier molecular flexibility index (Phi) is 4.14. The molecule has 1 aliphatic heterocycles. The number of aromatic nitrogens is 2. The summed E-state index contributed by atoms with van der Waals surface area (Å²) in [7, 11) is 2.14. The van der Waals surface area contributed by atoms with E-state index in [4.69, 9.17) is 9.51 Å². The Hall–Kier alpha value is -2.45. The lowest BCUT2D eigenvalue weighted by Crippen LogP contribution is -2.44. The minimum atomic E-state index is -0.302. The van der Waals surface area contributed by atoms with Crippen molar-refractivity contribution in [3.63, 3.8) is 0 Å². The van der Waals surface area contributed by atoms with Gasteiger partial charge in [0.1, 0.15) is 0 Å². The second-order valence-corrected chi connectivity index (χ2v) is 7.27. The van der Waals surface area contributed by atoms with Crippen molar-refractivity contribution in [3.05, 3.63) is 35.7 Å². The lowest BCUT2D eigenvalue weighted by molar-refractivity contribution is 0.0988. The Balaban J connectivity index is 1.53. The molecule has 1 amide bonds. The molecule has 0 spiro atoms. The van der Waals surface area contributed by atoms with Crippen LogP contribution < -0.4 is 10.2 Å². The number of fused-ring (bicyclic) bond motifs is 1. The third kappa shape index (κ3) is 3.35. The van der Waals surface area contributed by atoms with E-state index in [1.807, 2.05) is 18.2 Å². The molecular weight excluding hydrogens is 338 g/mol. The number of anilines is 2. The van der Waals surface area contributed by atoms with Crippen LogP contribution in [0, 0.1) is 6.92 Å². The predicted octanol–water partition coefficient (Wildman–Crippen LogP) is 2.60. The van der Waals surface area contributed by atoms with E-state index in [-0.39, 0.29) is 11.7 Å². The molecule has 3 heterocycles. The molecule has 8 heteroatoms. The largest absolute Gasteiger partial charge is 0.351 e. The molecule has 2 aromatic heterocycles. The number of benzene rings is 1. The fourth-order valence-corrected chi connectivity index (χ4v) is 3.84. The summed E-state index contributed by atoms with van der Waals surface area (Å²) >= 11 is 1.66. The fraction of sp³-hybridized carbons (Fsp3) is 0.353. The zero-order valence-corrected chi connectivity index (χ0v) is 15.0. The van der Waals surface area contributed by atoms with Crippen LogP contribution in [0.15, 0.2) is 28.8 Å². The van der Waals surface area contributed by atoms with Gasteiger partial charge in [0.05, 0.1) is 15.9 Å². The zero-order chi connectivity index (χ0) is 17.4. The molecule has 4 rings (SSSR count). The van der Waals surface area contributed by atoms with Crippen molar-refractivity contribution in [2.24, 2.45) is 0 Å². The molecule has 1 saturated heterocycles. The van der Waals surface area contributed by atoms with Gasteiger partial charge in [-0.05, 0) is 32.2 Å². The smallest absolute Gasteiger partial charge is 0.294 e. The van der Waals surface area contributed by atoms with E-state index in [1.54, 1.807) is 24.3 Å². The number of carbonyl (C=O) groups is 1. The van der Waals surface area contributed by atoms with Crippen LogP contribution in [0.3, 0.4) is 0 Å². The average Bonchev–Trinajstić information content (AvgIpc) is 3.21. The van der Waals surface area contributed by atoms with E-state index < -0.39 is 0 Å². The van der Waals surface area contributed by atoms with Crippen molar-refractivity contribution < 1.29 is 9.32 Å². The van der Waals surface area contributed by atoms with Crippen LogP contribution >= 0.6 is 11.3 Å². The molecule has 25 heavy (non-hydrogen) atoms. The molecule has 0 atom stereocenters. The number of hydrogen-bond donors (Lipinski definition) is 1. The normalized spacial score (nSPS) is 15.7. The highest BCUT2D eigenvalue weighted by atomic mass is 32.1. The summed E-state index contributed by atoms with van der Waals surface area (Å²) in [6, 6.07) is 7.36. The average molecular weight is 357 g/mol. The van der Waals surface area contributed by atoms with Crippen LogP contribution in [0.1, 0.15) is 16.2 Å². The SMILES string of the molecule is Cc1cc(C(=O)Nc2ccc3nc(N4CCN(C)CC4)sc3c2)on1. The maximum atomic E-state index is 12.2. The monoisotopic (exact) mass is 357 g/mol. The maximum absolute atomic E-state index is 12.2. The van der Waals surface area contributed by atoms with E-state index in [9.17, 15) is 4.79 Å². The van der Waals surface area contributed by atoms with E-state index in [0.29, 0.717) is 5.69 Å². The lowest BCUT2D eigenvalue weighted by atomic mass is 10.3. The Morgan fingerprint density at radius 1 is 1.24 bits per heavy atom. The highest BCUT2D eigenvalue weighted by Crippen LogP contribution is 2.31. The molecule has 1 aromatic carbocycles. The molecule has 0 aliphatic carbocycles. The molecule has 0 radical (unpaired) electrons.